The first-order valence-electron chi connectivity index (χ1n) is 8.07. The SMILES string of the molecule is CC(C)(C)OCCN1CCCC1CC(O)c1ccccc1. The summed E-state index contributed by atoms with van der Waals surface area (Å²) in [7, 11) is 0. The highest BCUT2D eigenvalue weighted by Crippen LogP contribution is 2.27. The van der Waals surface area contributed by atoms with Crippen molar-refractivity contribution >= 4 is 0 Å². The molecule has 1 aromatic carbocycles. The third kappa shape index (κ3) is 5.42. The highest BCUT2D eigenvalue weighted by Gasteiger charge is 2.27. The summed E-state index contributed by atoms with van der Waals surface area (Å²) in [5, 5.41) is 10.4. The predicted molar refractivity (Wildman–Crippen MR) is 86.3 cm³/mol. The molecule has 2 atom stereocenters. The fourth-order valence-corrected chi connectivity index (χ4v) is 2.99. The van der Waals surface area contributed by atoms with E-state index < -0.39 is 0 Å². The minimum atomic E-state index is -0.361. The average Bonchev–Trinajstić information content (AvgIpc) is 2.86. The van der Waals surface area contributed by atoms with Gasteiger partial charge in [-0.2, -0.15) is 0 Å². The van der Waals surface area contributed by atoms with Crippen LogP contribution in [-0.2, 0) is 4.74 Å². The molecule has 0 spiro atoms. The molecule has 0 saturated carbocycles. The van der Waals surface area contributed by atoms with Gasteiger partial charge in [-0.25, -0.2) is 0 Å². The number of hydrogen-bond donors (Lipinski definition) is 1. The molecule has 1 saturated heterocycles. The van der Waals surface area contributed by atoms with Crippen LogP contribution in [0.25, 0.3) is 0 Å². The molecule has 1 aliphatic rings. The van der Waals surface area contributed by atoms with Crippen LogP contribution in [0, 0.1) is 0 Å². The molecule has 1 N–H and O–H groups in total. The Bertz CT molecular complexity index is 413. The minimum absolute atomic E-state index is 0.0707. The van der Waals surface area contributed by atoms with Crippen molar-refractivity contribution in [3.63, 3.8) is 0 Å². The van der Waals surface area contributed by atoms with Crippen LogP contribution in [-0.4, -0.2) is 41.3 Å². The van der Waals surface area contributed by atoms with Crippen molar-refractivity contribution in [1.82, 2.24) is 4.90 Å². The number of hydrogen-bond acceptors (Lipinski definition) is 3. The van der Waals surface area contributed by atoms with Gasteiger partial charge in [-0.15, -0.1) is 0 Å². The van der Waals surface area contributed by atoms with E-state index in [1.807, 2.05) is 30.3 Å². The van der Waals surface area contributed by atoms with Crippen molar-refractivity contribution in [2.24, 2.45) is 0 Å². The summed E-state index contributed by atoms with van der Waals surface area (Å²) in [6.45, 7) is 9.12. The van der Waals surface area contributed by atoms with E-state index in [1.54, 1.807) is 0 Å². The lowest BCUT2D eigenvalue weighted by atomic mass is 10.0. The van der Waals surface area contributed by atoms with Gasteiger partial charge in [0, 0.05) is 12.6 Å². The topological polar surface area (TPSA) is 32.7 Å². The van der Waals surface area contributed by atoms with Crippen LogP contribution in [0.15, 0.2) is 30.3 Å². The Kier molecular flexibility index (Phi) is 5.80. The summed E-state index contributed by atoms with van der Waals surface area (Å²) >= 11 is 0. The van der Waals surface area contributed by atoms with Crippen LogP contribution >= 0.6 is 0 Å². The average molecular weight is 291 g/mol. The van der Waals surface area contributed by atoms with Crippen molar-refractivity contribution in [3.8, 4) is 0 Å². The highest BCUT2D eigenvalue weighted by molar-refractivity contribution is 5.17. The number of ether oxygens (including phenoxy) is 1. The Labute approximate surface area is 128 Å². The second kappa shape index (κ2) is 7.39. The molecule has 21 heavy (non-hydrogen) atoms. The predicted octanol–water partition coefficient (Wildman–Crippen LogP) is 3.39. The van der Waals surface area contributed by atoms with Gasteiger partial charge in [0.25, 0.3) is 0 Å². The summed E-state index contributed by atoms with van der Waals surface area (Å²) in [5.41, 5.74) is 0.953. The third-order valence-corrected chi connectivity index (χ3v) is 4.09. The molecule has 2 rings (SSSR count). The summed E-state index contributed by atoms with van der Waals surface area (Å²) in [6.07, 6.45) is 2.86. The van der Waals surface area contributed by atoms with Crippen molar-refractivity contribution < 1.29 is 9.84 Å². The van der Waals surface area contributed by atoms with Gasteiger partial charge in [0.2, 0.25) is 0 Å². The largest absolute Gasteiger partial charge is 0.388 e. The van der Waals surface area contributed by atoms with Crippen LogP contribution < -0.4 is 0 Å². The lowest BCUT2D eigenvalue weighted by Crippen LogP contribution is -2.35. The van der Waals surface area contributed by atoms with E-state index in [0.29, 0.717) is 6.04 Å². The molecular weight excluding hydrogens is 262 g/mol. The summed E-state index contributed by atoms with van der Waals surface area (Å²) in [5.74, 6) is 0. The van der Waals surface area contributed by atoms with Gasteiger partial charge >= 0.3 is 0 Å². The number of rotatable bonds is 6. The molecule has 0 aromatic heterocycles. The number of benzene rings is 1. The smallest absolute Gasteiger partial charge is 0.0805 e. The van der Waals surface area contributed by atoms with E-state index in [1.165, 1.54) is 12.8 Å². The van der Waals surface area contributed by atoms with E-state index in [-0.39, 0.29) is 11.7 Å². The van der Waals surface area contributed by atoms with Crippen molar-refractivity contribution in [3.05, 3.63) is 35.9 Å². The molecule has 0 amide bonds. The molecule has 1 fully saturated rings. The van der Waals surface area contributed by atoms with Gasteiger partial charge in [-0.1, -0.05) is 30.3 Å². The molecule has 1 heterocycles. The lowest BCUT2D eigenvalue weighted by molar-refractivity contribution is -0.0164. The van der Waals surface area contributed by atoms with Crippen LogP contribution in [0.3, 0.4) is 0 Å². The Morgan fingerprint density at radius 2 is 2.00 bits per heavy atom. The molecule has 0 aliphatic carbocycles. The second-order valence-electron chi connectivity index (χ2n) is 6.96. The van der Waals surface area contributed by atoms with Crippen molar-refractivity contribution in [1.29, 1.82) is 0 Å². The molecule has 1 aliphatic heterocycles. The zero-order valence-electron chi connectivity index (χ0n) is 13.6. The first-order valence-corrected chi connectivity index (χ1v) is 8.07. The van der Waals surface area contributed by atoms with Gasteiger partial charge in [0.05, 0.1) is 18.3 Å². The van der Waals surface area contributed by atoms with Gasteiger partial charge in [0.15, 0.2) is 0 Å². The monoisotopic (exact) mass is 291 g/mol. The molecule has 2 unspecified atom stereocenters. The van der Waals surface area contributed by atoms with E-state index >= 15 is 0 Å². The van der Waals surface area contributed by atoms with Gasteiger partial charge in [0.1, 0.15) is 0 Å². The summed E-state index contributed by atoms with van der Waals surface area (Å²) in [4.78, 5) is 2.47. The van der Waals surface area contributed by atoms with Crippen LogP contribution in [0.1, 0.15) is 51.7 Å². The summed E-state index contributed by atoms with van der Waals surface area (Å²) < 4.78 is 5.83. The van der Waals surface area contributed by atoms with Crippen LogP contribution in [0.4, 0.5) is 0 Å². The molecule has 3 heteroatoms. The number of nitrogens with zero attached hydrogens (tertiary/aromatic N) is 1. The third-order valence-electron chi connectivity index (χ3n) is 4.09. The number of aliphatic hydroxyl groups excluding tert-OH is 1. The zero-order chi connectivity index (χ0) is 15.3. The fraction of sp³-hybridized carbons (Fsp3) is 0.667. The first kappa shape index (κ1) is 16.5. The lowest BCUT2D eigenvalue weighted by Gasteiger charge is -2.28. The number of aliphatic hydroxyl groups is 1. The standard InChI is InChI=1S/C18H29NO2/c1-18(2,3)21-13-12-19-11-7-10-16(19)14-17(20)15-8-5-4-6-9-15/h4-6,8-9,16-17,20H,7,10-14H2,1-3H3. The maximum absolute atomic E-state index is 10.4. The van der Waals surface area contributed by atoms with Crippen molar-refractivity contribution in [2.75, 3.05) is 19.7 Å². The molecular formula is C18H29NO2. The van der Waals surface area contributed by atoms with Gasteiger partial charge < -0.3 is 9.84 Å². The molecule has 3 nitrogen and oxygen atoms in total. The Balaban J connectivity index is 1.82. The van der Waals surface area contributed by atoms with Gasteiger partial charge in [-0.3, -0.25) is 4.90 Å². The van der Waals surface area contributed by atoms with E-state index in [2.05, 4.69) is 25.7 Å². The maximum atomic E-state index is 10.4. The van der Waals surface area contributed by atoms with Gasteiger partial charge in [-0.05, 0) is 52.1 Å². The minimum Gasteiger partial charge on any atom is -0.388 e. The Hall–Kier alpha value is -0.900. The fourth-order valence-electron chi connectivity index (χ4n) is 2.99. The quantitative estimate of drug-likeness (QED) is 0.872. The molecule has 0 bridgehead atoms. The highest BCUT2D eigenvalue weighted by atomic mass is 16.5. The number of likely N-dealkylation sites (tertiary alicyclic amines) is 1. The first-order chi connectivity index (χ1) is 9.96. The van der Waals surface area contributed by atoms with Crippen LogP contribution in [0.2, 0.25) is 0 Å². The second-order valence-corrected chi connectivity index (χ2v) is 6.96. The zero-order valence-corrected chi connectivity index (χ0v) is 13.6. The normalized spacial score (nSPS) is 21.6. The molecule has 1 aromatic rings. The van der Waals surface area contributed by atoms with E-state index in [0.717, 1.165) is 31.7 Å². The van der Waals surface area contributed by atoms with E-state index in [9.17, 15) is 5.11 Å². The summed E-state index contributed by atoms with van der Waals surface area (Å²) in [6, 6.07) is 10.5. The Morgan fingerprint density at radius 3 is 2.67 bits per heavy atom. The maximum Gasteiger partial charge on any atom is 0.0805 e. The van der Waals surface area contributed by atoms with Crippen molar-refractivity contribution in [2.45, 2.75) is 57.8 Å². The van der Waals surface area contributed by atoms with Crippen LogP contribution in [0.5, 0.6) is 0 Å². The molecule has 118 valence electrons. The molecule has 0 radical (unpaired) electrons. The Morgan fingerprint density at radius 1 is 1.29 bits per heavy atom. The van der Waals surface area contributed by atoms with E-state index in [4.69, 9.17) is 4.74 Å².